The zero-order valence-electron chi connectivity index (χ0n) is 8.29. The molecule has 82 valence electrons. The molecule has 0 aromatic carbocycles. The molecule has 0 aliphatic heterocycles. The van der Waals surface area contributed by atoms with Crippen LogP contribution in [0.3, 0.4) is 0 Å². The number of pyridine rings is 1. The number of carbonyl (C=O) groups is 1. The van der Waals surface area contributed by atoms with Gasteiger partial charge in [0.15, 0.2) is 0 Å². The minimum Gasteiger partial charge on any atom is -0.478 e. The van der Waals surface area contributed by atoms with Gasteiger partial charge in [0, 0.05) is 17.3 Å². The monoisotopic (exact) mass is 235 g/mol. The highest BCUT2D eigenvalue weighted by atomic mass is 32.2. The van der Waals surface area contributed by atoms with E-state index in [2.05, 4.69) is 4.98 Å². The third-order valence-corrected chi connectivity index (χ3v) is 2.97. The Morgan fingerprint density at radius 1 is 1.44 bits per heavy atom. The molecule has 0 atom stereocenters. The fourth-order valence-corrected chi connectivity index (χ4v) is 1.93. The Labute approximate surface area is 96.3 Å². The number of carboxylic acid groups (broad SMARTS) is 1. The van der Waals surface area contributed by atoms with Gasteiger partial charge in [-0.2, -0.15) is 0 Å². The van der Waals surface area contributed by atoms with Gasteiger partial charge in [0.25, 0.3) is 0 Å². The van der Waals surface area contributed by atoms with Gasteiger partial charge in [-0.15, -0.1) is 11.8 Å². The topological polar surface area (TPSA) is 63.3 Å². The van der Waals surface area contributed by atoms with E-state index in [0.29, 0.717) is 11.5 Å². The molecule has 4 nitrogen and oxygen atoms in total. The van der Waals surface area contributed by atoms with Crippen LogP contribution in [-0.2, 0) is 5.75 Å². The van der Waals surface area contributed by atoms with Gasteiger partial charge in [0.1, 0.15) is 12.0 Å². The van der Waals surface area contributed by atoms with E-state index >= 15 is 0 Å². The number of furan rings is 1. The molecule has 2 aromatic rings. The molecular weight excluding hydrogens is 226 g/mol. The summed E-state index contributed by atoms with van der Waals surface area (Å²) in [5.74, 6) is 0.292. The summed E-state index contributed by atoms with van der Waals surface area (Å²) < 4.78 is 5.13. The first-order valence-electron chi connectivity index (χ1n) is 4.59. The zero-order chi connectivity index (χ0) is 11.4. The van der Waals surface area contributed by atoms with Gasteiger partial charge in [-0.1, -0.05) is 0 Å². The van der Waals surface area contributed by atoms with E-state index in [4.69, 9.17) is 9.52 Å². The summed E-state index contributed by atoms with van der Waals surface area (Å²) >= 11 is 1.57. The minimum atomic E-state index is -0.969. The molecule has 0 saturated carbocycles. The molecule has 0 aliphatic carbocycles. The number of thioether (sulfide) groups is 1. The van der Waals surface area contributed by atoms with Crippen LogP contribution in [0.25, 0.3) is 0 Å². The summed E-state index contributed by atoms with van der Waals surface area (Å²) in [6, 6.07) is 5.33. The quantitative estimate of drug-likeness (QED) is 0.825. The molecule has 0 amide bonds. The number of aromatic nitrogens is 1. The van der Waals surface area contributed by atoms with Crippen molar-refractivity contribution in [3.05, 3.63) is 48.2 Å². The van der Waals surface area contributed by atoms with Crippen LogP contribution in [-0.4, -0.2) is 16.1 Å². The third kappa shape index (κ3) is 2.64. The molecule has 16 heavy (non-hydrogen) atoms. The highest BCUT2D eigenvalue weighted by Crippen LogP contribution is 2.22. The zero-order valence-corrected chi connectivity index (χ0v) is 9.11. The Morgan fingerprint density at radius 2 is 2.19 bits per heavy atom. The van der Waals surface area contributed by atoms with Crippen molar-refractivity contribution in [1.82, 2.24) is 4.98 Å². The molecule has 2 rings (SSSR count). The van der Waals surface area contributed by atoms with Crippen LogP contribution in [0.2, 0.25) is 0 Å². The van der Waals surface area contributed by atoms with Gasteiger partial charge in [-0.05, 0) is 18.2 Å². The summed E-state index contributed by atoms with van der Waals surface area (Å²) in [5.41, 5.74) is 0.185. The maximum absolute atomic E-state index is 10.6. The average molecular weight is 235 g/mol. The van der Waals surface area contributed by atoms with Crippen LogP contribution >= 0.6 is 11.8 Å². The van der Waals surface area contributed by atoms with Crippen LogP contribution in [0.4, 0.5) is 0 Å². The van der Waals surface area contributed by atoms with Gasteiger partial charge in [-0.3, -0.25) is 4.98 Å². The second-order valence-electron chi connectivity index (χ2n) is 3.08. The van der Waals surface area contributed by atoms with E-state index in [-0.39, 0.29) is 5.56 Å². The number of hydrogen-bond acceptors (Lipinski definition) is 4. The van der Waals surface area contributed by atoms with E-state index < -0.39 is 5.97 Å². The standard InChI is InChI=1S/C11H9NO3S/c13-11(14)8-5-9(15-6-8)7-16-10-1-3-12-4-2-10/h1-6H,7H2,(H,13,14). The lowest BCUT2D eigenvalue weighted by atomic mass is 10.3. The maximum Gasteiger partial charge on any atom is 0.338 e. The van der Waals surface area contributed by atoms with E-state index in [1.807, 2.05) is 12.1 Å². The largest absolute Gasteiger partial charge is 0.478 e. The lowest BCUT2D eigenvalue weighted by Crippen LogP contribution is -1.91. The average Bonchev–Trinajstić information content (AvgIpc) is 2.76. The van der Waals surface area contributed by atoms with E-state index in [0.717, 1.165) is 4.90 Å². The van der Waals surface area contributed by atoms with Crippen LogP contribution in [0.1, 0.15) is 16.1 Å². The van der Waals surface area contributed by atoms with Crippen LogP contribution in [0.5, 0.6) is 0 Å². The lowest BCUT2D eigenvalue weighted by Gasteiger charge is -1.97. The minimum absolute atomic E-state index is 0.185. The van der Waals surface area contributed by atoms with Gasteiger partial charge < -0.3 is 9.52 Å². The second kappa shape index (κ2) is 4.85. The summed E-state index contributed by atoms with van der Waals surface area (Å²) in [6.07, 6.45) is 4.69. The van der Waals surface area contributed by atoms with Gasteiger partial charge in [-0.25, -0.2) is 4.79 Å². The summed E-state index contributed by atoms with van der Waals surface area (Å²) in [6.45, 7) is 0. The third-order valence-electron chi connectivity index (χ3n) is 1.93. The highest BCUT2D eigenvalue weighted by Gasteiger charge is 2.08. The summed E-state index contributed by atoms with van der Waals surface area (Å²) in [4.78, 5) is 15.6. The normalized spacial score (nSPS) is 10.2. The summed E-state index contributed by atoms with van der Waals surface area (Å²) in [7, 11) is 0. The van der Waals surface area contributed by atoms with Crippen molar-refractivity contribution >= 4 is 17.7 Å². The van der Waals surface area contributed by atoms with E-state index in [1.54, 1.807) is 24.2 Å². The number of hydrogen-bond donors (Lipinski definition) is 1. The van der Waals surface area contributed by atoms with Gasteiger partial charge >= 0.3 is 5.97 Å². The maximum atomic E-state index is 10.6. The predicted octanol–water partition coefficient (Wildman–Crippen LogP) is 2.67. The molecule has 2 aromatic heterocycles. The fraction of sp³-hybridized carbons (Fsp3) is 0.0909. The predicted molar refractivity (Wildman–Crippen MR) is 59.5 cm³/mol. The molecule has 0 unspecified atom stereocenters. The number of aromatic carboxylic acids is 1. The molecule has 0 fully saturated rings. The first-order valence-corrected chi connectivity index (χ1v) is 5.58. The SMILES string of the molecule is O=C(O)c1coc(CSc2ccncc2)c1. The Hall–Kier alpha value is -1.75. The van der Waals surface area contributed by atoms with Crippen molar-refractivity contribution in [3.8, 4) is 0 Å². The molecular formula is C11H9NO3S. The first-order chi connectivity index (χ1) is 7.75. The smallest absolute Gasteiger partial charge is 0.338 e. The van der Waals surface area contributed by atoms with Crippen molar-refractivity contribution in [2.75, 3.05) is 0 Å². The number of carboxylic acids is 1. The molecule has 0 aliphatic rings. The van der Waals surface area contributed by atoms with Crippen LogP contribution < -0.4 is 0 Å². The molecule has 0 saturated heterocycles. The second-order valence-corrected chi connectivity index (χ2v) is 4.13. The van der Waals surface area contributed by atoms with Crippen molar-refractivity contribution in [2.24, 2.45) is 0 Å². The highest BCUT2D eigenvalue weighted by molar-refractivity contribution is 7.98. The van der Waals surface area contributed by atoms with Gasteiger partial charge in [0.2, 0.25) is 0 Å². The van der Waals surface area contributed by atoms with Crippen LogP contribution in [0, 0.1) is 0 Å². The molecule has 5 heteroatoms. The van der Waals surface area contributed by atoms with Crippen LogP contribution in [0.15, 0.2) is 46.2 Å². The van der Waals surface area contributed by atoms with Crippen molar-refractivity contribution in [1.29, 1.82) is 0 Å². The van der Waals surface area contributed by atoms with Crippen molar-refractivity contribution in [2.45, 2.75) is 10.6 Å². The molecule has 1 N–H and O–H groups in total. The summed E-state index contributed by atoms with van der Waals surface area (Å²) in [5, 5.41) is 8.71. The van der Waals surface area contributed by atoms with Crippen molar-refractivity contribution in [3.63, 3.8) is 0 Å². The molecule has 0 bridgehead atoms. The van der Waals surface area contributed by atoms with Gasteiger partial charge in [0.05, 0.1) is 11.3 Å². The first kappa shape index (κ1) is 10.8. The van der Waals surface area contributed by atoms with E-state index in [1.165, 1.54) is 12.3 Å². The number of rotatable bonds is 4. The Kier molecular flexibility index (Phi) is 3.26. The molecule has 2 heterocycles. The van der Waals surface area contributed by atoms with Crippen molar-refractivity contribution < 1.29 is 14.3 Å². The van der Waals surface area contributed by atoms with E-state index in [9.17, 15) is 4.79 Å². The fourth-order valence-electron chi connectivity index (χ4n) is 1.16. The number of nitrogens with zero attached hydrogens (tertiary/aromatic N) is 1. The molecule has 0 radical (unpaired) electrons. The molecule has 0 spiro atoms. The Balaban J connectivity index is 1.97. The lowest BCUT2D eigenvalue weighted by molar-refractivity contribution is 0.0696. The Morgan fingerprint density at radius 3 is 2.81 bits per heavy atom. The Bertz CT molecular complexity index is 481.